The van der Waals surface area contributed by atoms with Crippen LogP contribution in [0.4, 0.5) is 4.79 Å². The molecule has 2 N–H and O–H groups in total. The second-order valence-electron chi connectivity index (χ2n) is 0.652. The molecule has 0 aliphatic heterocycles. The first-order chi connectivity index (χ1) is 3.65. The smallest absolute Gasteiger partial charge is 0.530 e. The fourth-order valence-corrected chi connectivity index (χ4v) is 0. The first-order valence-corrected chi connectivity index (χ1v) is 4.65. The molecule has 9 heavy (non-hydrogen) atoms. The molecule has 0 spiro atoms. The predicted molar refractivity (Wildman–Crippen MR) is 36.6 cm³/mol. The van der Waals surface area contributed by atoms with E-state index in [1.54, 1.807) is 21.6 Å². The molecule has 50 valence electrons. The summed E-state index contributed by atoms with van der Waals surface area (Å²) >= 11 is 0. The standard InChI is InChI=1S/C2H6S2.CH3NO2.Na/c1-3-4-2;2-1(3)4;/h1-2H3;2H2,(H,3,4);/q;;+1/p-1. The maximum atomic E-state index is 8.67. The van der Waals surface area contributed by atoms with Gasteiger partial charge in [-0.2, -0.15) is 0 Å². The molecule has 0 aliphatic rings. The van der Waals surface area contributed by atoms with Gasteiger partial charge in [0, 0.05) is 0 Å². The third kappa shape index (κ3) is 112. The van der Waals surface area contributed by atoms with Crippen LogP contribution in [0.25, 0.3) is 0 Å². The molecule has 0 aliphatic carbocycles. The molecule has 0 saturated carbocycles. The molecule has 1 amide bonds. The van der Waals surface area contributed by atoms with E-state index in [-0.39, 0.29) is 29.6 Å². The molecule has 0 bridgehead atoms. The summed E-state index contributed by atoms with van der Waals surface area (Å²) in [5.41, 5.74) is 3.92. The van der Waals surface area contributed by atoms with Crippen molar-refractivity contribution < 1.29 is 39.5 Å². The van der Waals surface area contributed by atoms with Gasteiger partial charge in [-0.05, 0) is 12.5 Å². The van der Waals surface area contributed by atoms with Crippen LogP contribution in [-0.2, 0) is 0 Å². The molecule has 0 atom stereocenters. The number of carboxylic acid groups (broad SMARTS) is 1. The van der Waals surface area contributed by atoms with Crippen molar-refractivity contribution in [1.82, 2.24) is 0 Å². The van der Waals surface area contributed by atoms with Gasteiger partial charge in [0.25, 0.3) is 0 Å². The Morgan fingerprint density at radius 2 is 1.56 bits per heavy atom. The van der Waals surface area contributed by atoms with Crippen LogP contribution >= 0.6 is 21.6 Å². The van der Waals surface area contributed by atoms with E-state index in [0.717, 1.165) is 0 Å². The average molecular weight is 177 g/mol. The third-order valence-electron chi connectivity index (χ3n) is 0.167. The quantitative estimate of drug-likeness (QED) is 0.341. The summed E-state index contributed by atoms with van der Waals surface area (Å²) < 4.78 is 0. The second kappa shape index (κ2) is 16.0. The predicted octanol–water partition coefficient (Wildman–Crippen LogP) is -3.08. The zero-order chi connectivity index (χ0) is 6.99. The van der Waals surface area contributed by atoms with E-state index in [4.69, 9.17) is 9.90 Å². The SMILES string of the molecule is CSSC.NC(=O)[O-].[Na+]. The van der Waals surface area contributed by atoms with Crippen molar-refractivity contribution in [3.8, 4) is 0 Å². The molecule has 0 heterocycles. The average Bonchev–Trinajstić information content (AvgIpc) is 1.65. The second-order valence-corrected chi connectivity index (χ2v) is 3.32. The normalized spacial score (nSPS) is 6.00. The van der Waals surface area contributed by atoms with Crippen LogP contribution in [-0.4, -0.2) is 18.6 Å². The number of hydrogen-bond donors (Lipinski definition) is 1. The van der Waals surface area contributed by atoms with Crippen molar-refractivity contribution in [2.45, 2.75) is 0 Å². The molecule has 0 aromatic rings. The first kappa shape index (κ1) is 16.5. The molecule has 0 aromatic heterocycles. The summed E-state index contributed by atoms with van der Waals surface area (Å²) in [4.78, 5) is 8.67. The van der Waals surface area contributed by atoms with Gasteiger partial charge in [0.15, 0.2) is 0 Å². The Hall–Kier alpha value is 0.970. The molecule has 3 nitrogen and oxygen atoms in total. The summed E-state index contributed by atoms with van der Waals surface area (Å²) in [6.07, 6.45) is 2.54. The van der Waals surface area contributed by atoms with Crippen LogP contribution in [0.1, 0.15) is 0 Å². The molecule has 0 fully saturated rings. The fourth-order valence-electron chi connectivity index (χ4n) is 0. The summed E-state index contributed by atoms with van der Waals surface area (Å²) in [7, 11) is 3.55. The number of nitrogens with two attached hydrogens (primary N) is 1. The monoisotopic (exact) mass is 177 g/mol. The van der Waals surface area contributed by atoms with Crippen LogP contribution in [0.15, 0.2) is 0 Å². The summed E-state index contributed by atoms with van der Waals surface area (Å²) in [6, 6.07) is 0. The Morgan fingerprint density at radius 1 is 1.44 bits per heavy atom. The van der Waals surface area contributed by atoms with E-state index in [1.165, 1.54) is 0 Å². The van der Waals surface area contributed by atoms with E-state index in [2.05, 4.69) is 18.2 Å². The summed E-state index contributed by atoms with van der Waals surface area (Å²) in [5.74, 6) is 0. The summed E-state index contributed by atoms with van der Waals surface area (Å²) in [5, 5.41) is 8.67. The number of primary amides is 1. The van der Waals surface area contributed by atoms with Crippen molar-refractivity contribution in [1.29, 1.82) is 0 Å². The molecule has 0 saturated heterocycles. The van der Waals surface area contributed by atoms with Crippen molar-refractivity contribution in [3.63, 3.8) is 0 Å². The number of hydrogen-bond acceptors (Lipinski definition) is 4. The van der Waals surface area contributed by atoms with E-state index in [9.17, 15) is 0 Å². The largest absolute Gasteiger partial charge is 1.00 e. The Labute approximate surface area is 84.8 Å². The molecular formula is C3H8NNaO2S2. The minimum atomic E-state index is -1.58. The van der Waals surface area contributed by atoms with Crippen molar-refractivity contribution in [3.05, 3.63) is 0 Å². The Bertz CT molecular complexity index is 57.8. The minimum Gasteiger partial charge on any atom is -0.530 e. The molecule has 0 radical (unpaired) electrons. The van der Waals surface area contributed by atoms with Gasteiger partial charge in [-0.15, -0.1) is 0 Å². The van der Waals surface area contributed by atoms with E-state index in [1.807, 2.05) is 0 Å². The van der Waals surface area contributed by atoms with E-state index < -0.39 is 6.09 Å². The number of rotatable bonds is 1. The third-order valence-corrected chi connectivity index (χ3v) is 1.50. The Kier molecular flexibility index (Phi) is 29.3. The molecular weight excluding hydrogens is 169 g/mol. The topological polar surface area (TPSA) is 66.2 Å². The van der Waals surface area contributed by atoms with Gasteiger partial charge in [-0.25, -0.2) is 0 Å². The van der Waals surface area contributed by atoms with Gasteiger partial charge < -0.3 is 15.6 Å². The Morgan fingerprint density at radius 3 is 1.56 bits per heavy atom. The van der Waals surface area contributed by atoms with E-state index >= 15 is 0 Å². The van der Waals surface area contributed by atoms with Crippen molar-refractivity contribution >= 4 is 27.7 Å². The zero-order valence-corrected chi connectivity index (χ0v) is 9.34. The van der Waals surface area contributed by atoms with Gasteiger partial charge in [-0.3, -0.25) is 0 Å². The molecule has 0 aromatic carbocycles. The van der Waals surface area contributed by atoms with Gasteiger partial charge >= 0.3 is 29.6 Å². The van der Waals surface area contributed by atoms with Crippen LogP contribution in [0.3, 0.4) is 0 Å². The van der Waals surface area contributed by atoms with Gasteiger partial charge in [0.1, 0.15) is 6.09 Å². The van der Waals surface area contributed by atoms with Crippen LogP contribution < -0.4 is 40.4 Å². The minimum absolute atomic E-state index is 0. The molecule has 6 heteroatoms. The summed E-state index contributed by atoms with van der Waals surface area (Å²) in [6.45, 7) is 0. The Balaban J connectivity index is -0.0000000720. The number of amides is 1. The van der Waals surface area contributed by atoms with E-state index in [0.29, 0.717) is 0 Å². The van der Waals surface area contributed by atoms with Gasteiger partial charge in [0.05, 0.1) is 0 Å². The van der Waals surface area contributed by atoms with Crippen LogP contribution in [0, 0.1) is 0 Å². The van der Waals surface area contributed by atoms with Gasteiger partial charge in [-0.1, -0.05) is 21.6 Å². The fraction of sp³-hybridized carbons (Fsp3) is 0.667. The number of carbonyl (C=O) groups excluding carboxylic acids is 1. The van der Waals surface area contributed by atoms with Crippen molar-refractivity contribution in [2.24, 2.45) is 5.73 Å². The molecule has 0 unspecified atom stereocenters. The first-order valence-electron chi connectivity index (χ1n) is 1.68. The van der Waals surface area contributed by atoms with Gasteiger partial charge in [0.2, 0.25) is 0 Å². The van der Waals surface area contributed by atoms with Crippen LogP contribution in [0.2, 0.25) is 0 Å². The van der Waals surface area contributed by atoms with Crippen molar-refractivity contribution in [2.75, 3.05) is 12.5 Å². The van der Waals surface area contributed by atoms with Crippen LogP contribution in [0.5, 0.6) is 0 Å². The number of carbonyl (C=O) groups is 1. The molecule has 0 rings (SSSR count). The maximum absolute atomic E-state index is 8.67. The maximum Gasteiger partial charge on any atom is 1.00 e. The zero-order valence-electron chi connectivity index (χ0n) is 5.71.